The normalized spacial score (nSPS) is 11.1. The van der Waals surface area contributed by atoms with E-state index in [-0.39, 0.29) is 5.69 Å². The molecule has 0 spiro atoms. The third-order valence-corrected chi connectivity index (χ3v) is 3.17. The Bertz CT molecular complexity index is 684. The Labute approximate surface area is 130 Å². The van der Waals surface area contributed by atoms with Crippen LogP contribution in [0.15, 0.2) is 42.5 Å². The number of hydrogen-bond acceptors (Lipinski definition) is 1. The first-order valence-corrected chi connectivity index (χ1v) is 6.65. The van der Waals surface area contributed by atoms with Gasteiger partial charge in [-0.25, -0.2) is 4.79 Å². The monoisotopic (exact) mass is 328 g/mol. The molecule has 3 nitrogen and oxygen atoms in total. The van der Waals surface area contributed by atoms with Gasteiger partial charge in [-0.05, 0) is 37.3 Å². The van der Waals surface area contributed by atoms with E-state index in [9.17, 15) is 18.0 Å². The molecule has 22 heavy (non-hydrogen) atoms. The summed E-state index contributed by atoms with van der Waals surface area (Å²) in [7, 11) is 0. The highest BCUT2D eigenvalue weighted by atomic mass is 35.5. The van der Waals surface area contributed by atoms with Crippen LogP contribution in [0.25, 0.3) is 0 Å². The van der Waals surface area contributed by atoms with Crippen LogP contribution in [0.4, 0.5) is 29.3 Å². The molecular weight excluding hydrogens is 317 g/mol. The lowest BCUT2D eigenvalue weighted by atomic mass is 10.2. The molecule has 7 heteroatoms. The number of alkyl halides is 3. The van der Waals surface area contributed by atoms with Crippen molar-refractivity contribution in [3.63, 3.8) is 0 Å². The van der Waals surface area contributed by atoms with Crippen LogP contribution in [0.5, 0.6) is 0 Å². The minimum Gasteiger partial charge on any atom is -0.308 e. The van der Waals surface area contributed by atoms with Gasteiger partial charge in [-0.1, -0.05) is 29.3 Å². The van der Waals surface area contributed by atoms with Crippen molar-refractivity contribution in [1.82, 2.24) is 0 Å². The lowest BCUT2D eigenvalue weighted by Gasteiger charge is -2.12. The topological polar surface area (TPSA) is 41.1 Å². The van der Waals surface area contributed by atoms with Crippen LogP contribution in [0, 0.1) is 6.92 Å². The molecular formula is C15H12ClF3N2O. The highest BCUT2D eigenvalue weighted by Crippen LogP contribution is 2.36. The number of carbonyl (C=O) groups is 1. The van der Waals surface area contributed by atoms with E-state index in [1.165, 1.54) is 6.07 Å². The average Bonchev–Trinajstić information content (AvgIpc) is 2.42. The predicted molar refractivity (Wildman–Crippen MR) is 80.3 cm³/mol. The van der Waals surface area contributed by atoms with Crippen molar-refractivity contribution in [2.75, 3.05) is 10.6 Å². The molecule has 0 radical (unpaired) electrons. The van der Waals surface area contributed by atoms with Crippen LogP contribution in [0.1, 0.15) is 11.1 Å². The van der Waals surface area contributed by atoms with Gasteiger partial charge < -0.3 is 10.6 Å². The van der Waals surface area contributed by atoms with Crippen LogP contribution >= 0.6 is 11.6 Å². The molecule has 0 aliphatic heterocycles. The molecule has 0 saturated heterocycles. The SMILES string of the molecule is Cc1ccc(NC(=O)Nc2ccc(Cl)c(C(F)(F)F)c2)cc1. The van der Waals surface area contributed by atoms with E-state index in [1.807, 2.05) is 6.92 Å². The molecule has 0 bridgehead atoms. The number of anilines is 2. The van der Waals surface area contributed by atoms with Crippen molar-refractivity contribution in [2.45, 2.75) is 13.1 Å². The van der Waals surface area contributed by atoms with E-state index in [2.05, 4.69) is 10.6 Å². The van der Waals surface area contributed by atoms with Gasteiger partial charge in [0.2, 0.25) is 0 Å². The maximum absolute atomic E-state index is 12.7. The molecule has 2 N–H and O–H groups in total. The Morgan fingerprint density at radius 3 is 2.14 bits per heavy atom. The smallest absolute Gasteiger partial charge is 0.308 e. The first-order chi connectivity index (χ1) is 10.3. The molecule has 0 aliphatic rings. The first-order valence-electron chi connectivity index (χ1n) is 6.27. The van der Waals surface area contributed by atoms with Gasteiger partial charge in [0.15, 0.2) is 0 Å². The summed E-state index contributed by atoms with van der Waals surface area (Å²) in [5, 5.41) is 4.44. The predicted octanol–water partition coefficient (Wildman–Crippen LogP) is 5.31. The van der Waals surface area contributed by atoms with Gasteiger partial charge >= 0.3 is 12.2 Å². The lowest BCUT2D eigenvalue weighted by Crippen LogP contribution is -2.19. The largest absolute Gasteiger partial charge is 0.417 e. The van der Waals surface area contributed by atoms with Crippen LogP contribution in [-0.4, -0.2) is 6.03 Å². The van der Waals surface area contributed by atoms with Crippen molar-refractivity contribution in [3.8, 4) is 0 Å². The van der Waals surface area contributed by atoms with Crippen molar-refractivity contribution in [3.05, 3.63) is 58.6 Å². The summed E-state index contributed by atoms with van der Waals surface area (Å²) in [6.07, 6.45) is -4.58. The van der Waals surface area contributed by atoms with E-state index < -0.39 is 22.8 Å². The molecule has 2 aromatic carbocycles. The number of aryl methyl sites for hydroxylation is 1. The van der Waals surface area contributed by atoms with E-state index in [4.69, 9.17) is 11.6 Å². The fourth-order valence-electron chi connectivity index (χ4n) is 1.75. The number of carbonyl (C=O) groups excluding carboxylic acids is 1. The van der Waals surface area contributed by atoms with Crippen LogP contribution in [0.2, 0.25) is 5.02 Å². The Morgan fingerprint density at radius 1 is 1.00 bits per heavy atom. The van der Waals surface area contributed by atoms with Gasteiger partial charge in [-0.2, -0.15) is 13.2 Å². The number of rotatable bonds is 2. The summed E-state index contributed by atoms with van der Waals surface area (Å²) in [6.45, 7) is 1.90. The molecule has 0 aliphatic carbocycles. The van der Waals surface area contributed by atoms with Crippen molar-refractivity contribution < 1.29 is 18.0 Å². The number of benzene rings is 2. The number of hydrogen-bond donors (Lipinski definition) is 2. The Morgan fingerprint density at radius 2 is 1.55 bits per heavy atom. The van der Waals surface area contributed by atoms with Gasteiger partial charge in [-0.3, -0.25) is 0 Å². The Kier molecular flexibility index (Phi) is 4.61. The summed E-state index contributed by atoms with van der Waals surface area (Å²) in [6, 6.07) is 9.53. The molecule has 2 rings (SSSR count). The fourth-order valence-corrected chi connectivity index (χ4v) is 1.98. The third-order valence-electron chi connectivity index (χ3n) is 2.84. The second-order valence-corrected chi connectivity index (χ2v) is 5.04. The summed E-state index contributed by atoms with van der Waals surface area (Å²) in [5.74, 6) is 0. The Hall–Kier alpha value is -2.21. The van der Waals surface area contributed by atoms with Gasteiger partial charge in [-0.15, -0.1) is 0 Å². The van der Waals surface area contributed by atoms with Crippen LogP contribution in [-0.2, 0) is 6.18 Å². The minimum atomic E-state index is -4.58. The summed E-state index contributed by atoms with van der Waals surface area (Å²) in [5.41, 5.74) is 0.565. The van der Waals surface area contributed by atoms with Crippen LogP contribution in [0.3, 0.4) is 0 Å². The first kappa shape index (κ1) is 16.2. The lowest BCUT2D eigenvalue weighted by molar-refractivity contribution is -0.137. The Balaban J connectivity index is 2.10. The van der Waals surface area contributed by atoms with E-state index in [0.29, 0.717) is 5.69 Å². The molecule has 0 atom stereocenters. The molecule has 0 aromatic heterocycles. The molecule has 2 aromatic rings. The van der Waals surface area contributed by atoms with E-state index in [0.717, 1.165) is 17.7 Å². The maximum atomic E-state index is 12.7. The quantitative estimate of drug-likeness (QED) is 0.770. The van der Waals surface area contributed by atoms with Gasteiger partial charge in [0.25, 0.3) is 0 Å². The zero-order valence-electron chi connectivity index (χ0n) is 11.5. The molecule has 0 saturated carbocycles. The fraction of sp³-hybridized carbons (Fsp3) is 0.133. The number of amides is 2. The zero-order valence-corrected chi connectivity index (χ0v) is 12.2. The minimum absolute atomic E-state index is 0.00124. The molecule has 2 amide bonds. The van der Waals surface area contributed by atoms with E-state index in [1.54, 1.807) is 24.3 Å². The highest BCUT2D eigenvalue weighted by Gasteiger charge is 2.33. The summed E-state index contributed by atoms with van der Waals surface area (Å²) >= 11 is 5.51. The summed E-state index contributed by atoms with van der Waals surface area (Å²) in [4.78, 5) is 11.8. The molecule has 0 heterocycles. The highest BCUT2D eigenvalue weighted by molar-refractivity contribution is 6.31. The molecule has 116 valence electrons. The van der Waals surface area contributed by atoms with Crippen molar-refractivity contribution >= 4 is 29.0 Å². The standard InChI is InChI=1S/C15H12ClF3N2O/c1-9-2-4-10(5-3-9)20-14(22)21-11-6-7-13(16)12(8-11)15(17,18)19/h2-8H,1H3,(H2,20,21,22). The second kappa shape index (κ2) is 6.27. The van der Waals surface area contributed by atoms with Crippen molar-refractivity contribution in [2.24, 2.45) is 0 Å². The van der Waals surface area contributed by atoms with Gasteiger partial charge in [0.1, 0.15) is 0 Å². The average molecular weight is 329 g/mol. The number of nitrogens with one attached hydrogen (secondary N) is 2. The van der Waals surface area contributed by atoms with Gasteiger partial charge in [0.05, 0.1) is 10.6 Å². The van der Waals surface area contributed by atoms with Crippen LogP contribution < -0.4 is 10.6 Å². The zero-order chi connectivity index (χ0) is 16.3. The second-order valence-electron chi connectivity index (χ2n) is 4.64. The number of urea groups is 1. The molecule has 0 unspecified atom stereocenters. The number of halogens is 4. The summed E-state index contributed by atoms with van der Waals surface area (Å²) < 4.78 is 38.2. The maximum Gasteiger partial charge on any atom is 0.417 e. The van der Waals surface area contributed by atoms with Gasteiger partial charge in [0, 0.05) is 11.4 Å². The molecule has 0 fully saturated rings. The van der Waals surface area contributed by atoms with Crippen molar-refractivity contribution in [1.29, 1.82) is 0 Å². The third kappa shape index (κ3) is 4.14. The van der Waals surface area contributed by atoms with E-state index >= 15 is 0 Å².